The molecule has 0 spiro atoms. The number of carbonyl (C=O) groups is 2. The van der Waals surface area contributed by atoms with E-state index in [4.69, 9.17) is 0 Å². The molecule has 0 aliphatic carbocycles. The second-order valence-electron chi connectivity index (χ2n) is 13.2. The Bertz CT molecular complexity index is 1790. The number of pyridine rings is 1. The van der Waals surface area contributed by atoms with Crippen LogP contribution in [-0.2, 0) is 12.0 Å². The van der Waals surface area contributed by atoms with Crippen molar-refractivity contribution >= 4 is 28.9 Å². The van der Waals surface area contributed by atoms with Gasteiger partial charge in [-0.1, -0.05) is 63.2 Å². The molecule has 2 amide bonds. The highest BCUT2D eigenvalue weighted by Crippen LogP contribution is 2.39. The number of anilines is 3. The summed E-state index contributed by atoms with van der Waals surface area (Å²) in [6.45, 7) is 12.8. The number of nitrogens with one attached hydrogen (secondary N) is 1. The van der Waals surface area contributed by atoms with Crippen LogP contribution in [0.2, 0.25) is 0 Å². The zero-order valence-electron chi connectivity index (χ0n) is 26.2. The molecule has 3 heterocycles. The zero-order valence-corrected chi connectivity index (χ0v) is 26.2. The summed E-state index contributed by atoms with van der Waals surface area (Å²) in [6, 6.07) is 28.3. The minimum Gasteiger partial charge on any atom is -0.369 e. The fraction of sp³-hybridized carbons (Fsp3) is 0.289. The third-order valence-corrected chi connectivity index (χ3v) is 8.95. The first-order valence-electron chi connectivity index (χ1n) is 15.6. The Morgan fingerprint density at radius 1 is 0.911 bits per heavy atom. The quantitative estimate of drug-likeness (QED) is 0.235. The van der Waals surface area contributed by atoms with Crippen LogP contribution >= 0.6 is 0 Å². The summed E-state index contributed by atoms with van der Waals surface area (Å²) in [7, 11) is 0. The van der Waals surface area contributed by atoms with Gasteiger partial charge >= 0.3 is 0 Å². The van der Waals surface area contributed by atoms with E-state index in [1.807, 2.05) is 77.4 Å². The highest BCUT2D eigenvalue weighted by Gasteiger charge is 2.35. The lowest BCUT2D eigenvalue weighted by atomic mass is 9.83. The van der Waals surface area contributed by atoms with Crippen LogP contribution in [0.15, 0.2) is 108 Å². The van der Waals surface area contributed by atoms with Gasteiger partial charge in [0.15, 0.2) is 0 Å². The van der Waals surface area contributed by atoms with E-state index in [1.165, 1.54) is 0 Å². The maximum Gasteiger partial charge on any atom is 0.258 e. The Balaban J connectivity index is 1.36. The number of hydrogen-bond donors (Lipinski definition) is 1. The lowest BCUT2D eigenvalue weighted by molar-refractivity contribution is 0.0987. The van der Waals surface area contributed by atoms with Crippen molar-refractivity contribution in [3.05, 3.63) is 136 Å². The van der Waals surface area contributed by atoms with Gasteiger partial charge in [0.2, 0.25) is 0 Å². The summed E-state index contributed by atoms with van der Waals surface area (Å²) in [5.41, 5.74) is 5.47. The van der Waals surface area contributed by atoms with Crippen molar-refractivity contribution in [1.29, 1.82) is 0 Å². The third kappa shape index (κ3) is 6.21. The van der Waals surface area contributed by atoms with Crippen molar-refractivity contribution in [2.45, 2.75) is 45.1 Å². The second-order valence-corrected chi connectivity index (χ2v) is 13.2. The molecule has 2 aliphatic rings. The van der Waals surface area contributed by atoms with Crippen molar-refractivity contribution in [1.82, 2.24) is 4.57 Å². The maximum atomic E-state index is 13.9. The number of benzene rings is 3. The smallest absolute Gasteiger partial charge is 0.258 e. The molecule has 1 N–H and O–H groups in total. The summed E-state index contributed by atoms with van der Waals surface area (Å²) in [6.07, 6.45) is 2.73. The largest absolute Gasteiger partial charge is 0.369 e. The van der Waals surface area contributed by atoms with E-state index in [0.717, 1.165) is 35.6 Å². The number of amides is 2. The first-order valence-corrected chi connectivity index (χ1v) is 15.6. The summed E-state index contributed by atoms with van der Waals surface area (Å²) in [4.78, 5) is 44.2. The Morgan fingerprint density at radius 3 is 2.36 bits per heavy atom. The van der Waals surface area contributed by atoms with Crippen LogP contribution in [0.1, 0.15) is 65.1 Å². The van der Waals surface area contributed by atoms with Crippen LogP contribution in [0.5, 0.6) is 0 Å². The molecule has 2 bridgehead atoms. The number of aromatic nitrogens is 1. The Hall–Kier alpha value is -4.91. The van der Waals surface area contributed by atoms with Crippen molar-refractivity contribution in [2.75, 3.05) is 34.8 Å². The molecule has 2 unspecified atom stereocenters. The molecule has 1 fully saturated rings. The third-order valence-electron chi connectivity index (χ3n) is 8.95. The van der Waals surface area contributed by atoms with Gasteiger partial charge < -0.3 is 19.7 Å². The molecule has 1 saturated heterocycles. The van der Waals surface area contributed by atoms with Crippen LogP contribution in [0.4, 0.5) is 17.1 Å². The van der Waals surface area contributed by atoms with E-state index in [2.05, 4.69) is 43.6 Å². The predicted octanol–water partition coefficient (Wildman–Crippen LogP) is 6.85. The lowest BCUT2D eigenvalue weighted by Gasteiger charge is -2.44. The lowest BCUT2D eigenvalue weighted by Crippen LogP contribution is -2.47. The van der Waals surface area contributed by atoms with Gasteiger partial charge in [-0.05, 0) is 71.8 Å². The van der Waals surface area contributed by atoms with Gasteiger partial charge in [-0.15, -0.1) is 6.58 Å². The van der Waals surface area contributed by atoms with Gasteiger partial charge in [0.1, 0.15) is 0 Å². The molecule has 4 aromatic rings. The average Bonchev–Trinajstić information content (AvgIpc) is 3.04. The minimum atomic E-state index is -0.235. The Labute approximate surface area is 264 Å². The van der Waals surface area contributed by atoms with Crippen LogP contribution in [0.3, 0.4) is 0 Å². The minimum absolute atomic E-state index is 0.0248. The molecular formula is C38H40N4O3. The monoisotopic (exact) mass is 600 g/mol. The second kappa shape index (κ2) is 12.2. The summed E-state index contributed by atoms with van der Waals surface area (Å²) < 4.78 is 1.92. The van der Waals surface area contributed by atoms with Crippen molar-refractivity contribution < 1.29 is 9.59 Å². The van der Waals surface area contributed by atoms with E-state index >= 15 is 0 Å². The fourth-order valence-corrected chi connectivity index (χ4v) is 6.65. The van der Waals surface area contributed by atoms with Crippen LogP contribution in [0, 0.1) is 5.92 Å². The predicted molar refractivity (Wildman–Crippen MR) is 182 cm³/mol. The van der Waals surface area contributed by atoms with Gasteiger partial charge in [-0.2, -0.15) is 0 Å². The number of para-hydroxylation sites is 1. The van der Waals surface area contributed by atoms with Crippen molar-refractivity contribution in [3.63, 3.8) is 0 Å². The molecule has 1 aromatic heterocycles. The van der Waals surface area contributed by atoms with Gasteiger partial charge in [0.05, 0.1) is 11.4 Å². The van der Waals surface area contributed by atoms with Crippen molar-refractivity contribution in [3.8, 4) is 0 Å². The Morgan fingerprint density at radius 2 is 1.64 bits per heavy atom. The van der Waals surface area contributed by atoms with Crippen LogP contribution < -0.4 is 20.7 Å². The van der Waals surface area contributed by atoms with E-state index < -0.39 is 0 Å². The number of piperidine rings is 1. The maximum absolute atomic E-state index is 13.9. The van der Waals surface area contributed by atoms with Crippen LogP contribution in [0.25, 0.3) is 0 Å². The zero-order chi connectivity index (χ0) is 31.7. The molecule has 2 atom stereocenters. The Kier molecular flexibility index (Phi) is 8.19. The van der Waals surface area contributed by atoms with Gasteiger partial charge in [-0.3, -0.25) is 14.4 Å². The first-order chi connectivity index (χ1) is 21.6. The summed E-state index contributed by atoms with van der Waals surface area (Å²) in [5.74, 6) is 0.0811. The molecule has 7 nitrogen and oxygen atoms in total. The average molecular weight is 601 g/mol. The molecular weight excluding hydrogens is 560 g/mol. The number of nitrogens with zero attached hydrogens (tertiary/aromatic N) is 3. The summed E-state index contributed by atoms with van der Waals surface area (Å²) in [5, 5.41) is 3.16. The molecule has 0 saturated carbocycles. The SMILES string of the molecule is C=CCN(C(=O)c1ccc(N2CC3CC(C2)c2cccc(=O)n2C3)c(NC(=O)c2ccc(C(C)(C)C)cc2)c1)c1ccccc1. The molecule has 7 heteroatoms. The topological polar surface area (TPSA) is 74.7 Å². The standard InChI is InChI=1S/C38H40N4O3/c1-5-20-41(31-10-7-6-8-11-31)37(45)28-16-19-34(32(22-28)39-36(44)27-14-17-30(18-15-27)38(2,3)4)40-23-26-21-29(25-40)33-12-9-13-35(43)42(33)24-26/h5-19,22,26,29H,1,20-21,23-25H2,2-4H3,(H,39,44). The molecule has 6 rings (SSSR count). The molecule has 45 heavy (non-hydrogen) atoms. The number of fused-ring (bicyclic) bond motifs is 4. The highest BCUT2D eigenvalue weighted by molar-refractivity contribution is 6.10. The normalized spacial score (nSPS) is 17.3. The van der Waals surface area contributed by atoms with E-state index in [-0.39, 0.29) is 28.7 Å². The number of hydrogen-bond acceptors (Lipinski definition) is 4. The highest BCUT2D eigenvalue weighted by atomic mass is 16.2. The molecule has 2 aliphatic heterocycles. The van der Waals surface area contributed by atoms with Gasteiger partial charge in [0, 0.05) is 60.7 Å². The van der Waals surface area contributed by atoms with Gasteiger partial charge in [0.25, 0.3) is 17.4 Å². The van der Waals surface area contributed by atoms with E-state index in [1.54, 1.807) is 23.1 Å². The van der Waals surface area contributed by atoms with Crippen LogP contribution in [-0.4, -0.2) is 36.0 Å². The first kappa shape index (κ1) is 30.1. The number of carbonyl (C=O) groups excluding carboxylic acids is 2. The fourth-order valence-electron chi connectivity index (χ4n) is 6.65. The summed E-state index contributed by atoms with van der Waals surface area (Å²) >= 11 is 0. The van der Waals surface area contributed by atoms with Crippen molar-refractivity contribution in [2.24, 2.45) is 5.92 Å². The van der Waals surface area contributed by atoms with Gasteiger partial charge in [-0.25, -0.2) is 0 Å². The number of rotatable bonds is 7. The molecule has 3 aromatic carbocycles. The molecule has 230 valence electrons. The van der Waals surface area contributed by atoms with E-state index in [9.17, 15) is 14.4 Å². The van der Waals surface area contributed by atoms with E-state index in [0.29, 0.717) is 42.4 Å². The molecule has 0 radical (unpaired) electrons.